The van der Waals surface area contributed by atoms with Gasteiger partial charge in [0.25, 0.3) is 0 Å². The van der Waals surface area contributed by atoms with Gasteiger partial charge in [-0.1, -0.05) is 19.1 Å². The van der Waals surface area contributed by atoms with Gasteiger partial charge in [0, 0.05) is 6.54 Å². The van der Waals surface area contributed by atoms with Crippen molar-refractivity contribution < 1.29 is 14.9 Å². The van der Waals surface area contributed by atoms with Crippen molar-refractivity contribution in [2.24, 2.45) is 11.5 Å². The summed E-state index contributed by atoms with van der Waals surface area (Å²) in [6.45, 7) is 2.57. The van der Waals surface area contributed by atoms with Crippen molar-refractivity contribution in [1.29, 1.82) is 0 Å². The first-order valence-corrected chi connectivity index (χ1v) is 6.58. The summed E-state index contributed by atoms with van der Waals surface area (Å²) in [6, 6.07) is 7.16. The van der Waals surface area contributed by atoms with Gasteiger partial charge in [0.2, 0.25) is 0 Å². The standard InChI is InChI=1S/C14H24N2O3/c1-2-14(18,9-16)10-19-12-5-3-4-11(8-12)13(17)6-7-15/h3-5,8,13,17-18H,2,6-7,9-10,15-16H2,1H3. The number of ether oxygens (including phenoxy) is 1. The molecule has 0 aliphatic carbocycles. The lowest BCUT2D eigenvalue weighted by Gasteiger charge is -2.25. The number of benzene rings is 1. The average Bonchev–Trinajstić information content (AvgIpc) is 2.45. The number of aliphatic hydroxyl groups is 2. The molecule has 0 aliphatic heterocycles. The Balaban J connectivity index is 2.67. The molecule has 1 rings (SSSR count). The molecule has 0 aromatic heterocycles. The highest BCUT2D eigenvalue weighted by Gasteiger charge is 2.23. The van der Waals surface area contributed by atoms with E-state index in [9.17, 15) is 10.2 Å². The first-order valence-electron chi connectivity index (χ1n) is 6.58. The van der Waals surface area contributed by atoms with Gasteiger partial charge in [-0.15, -0.1) is 0 Å². The van der Waals surface area contributed by atoms with E-state index in [0.29, 0.717) is 25.1 Å². The molecule has 108 valence electrons. The van der Waals surface area contributed by atoms with Gasteiger partial charge in [-0.05, 0) is 37.1 Å². The van der Waals surface area contributed by atoms with Crippen LogP contribution in [0.15, 0.2) is 24.3 Å². The van der Waals surface area contributed by atoms with Crippen LogP contribution in [0.1, 0.15) is 31.4 Å². The van der Waals surface area contributed by atoms with E-state index in [-0.39, 0.29) is 13.2 Å². The zero-order valence-electron chi connectivity index (χ0n) is 11.4. The molecule has 0 saturated heterocycles. The molecule has 0 spiro atoms. The van der Waals surface area contributed by atoms with Crippen LogP contribution < -0.4 is 16.2 Å². The number of hydrogen-bond donors (Lipinski definition) is 4. The topological polar surface area (TPSA) is 102 Å². The van der Waals surface area contributed by atoms with Crippen molar-refractivity contribution in [2.45, 2.75) is 31.5 Å². The lowest BCUT2D eigenvalue weighted by atomic mass is 10.0. The summed E-state index contributed by atoms with van der Waals surface area (Å²) < 4.78 is 5.55. The van der Waals surface area contributed by atoms with Gasteiger partial charge < -0.3 is 26.4 Å². The molecule has 1 aromatic rings. The van der Waals surface area contributed by atoms with Crippen molar-refractivity contribution in [3.8, 4) is 5.75 Å². The van der Waals surface area contributed by atoms with Gasteiger partial charge in [-0.2, -0.15) is 0 Å². The molecule has 0 aliphatic rings. The summed E-state index contributed by atoms with van der Waals surface area (Å²) in [5.41, 5.74) is 10.7. The fourth-order valence-corrected chi connectivity index (χ4v) is 1.66. The van der Waals surface area contributed by atoms with E-state index in [1.165, 1.54) is 0 Å². The summed E-state index contributed by atoms with van der Waals surface area (Å²) in [6.07, 6.45) is 0.442. The van der Waals surface area contributed by atoms with E-state index in [1.54, 1.807) is 18.2 Å². The SMILES string of the molecule is CCC(O)(CN)COc1cccc(C(O)CCN)c1. The highest BCUT2D eigenvalue weighted by Crippen LogP contribution is 2.22. The minimum atomic E-state index is -1.01. The maximum atomic E-state index is 10.0. The Hall–Kier alpha value is -1.14. The molecule has 2 unspecified atom stereocenters. The summed E-state index contributed by atoms with van der Waals surface area (Å²) in [7, 11) is 0. The Morgan fingerprint density at radius 2 is 2.11 bits per heavy atom. The van der Waals surface area contributed by atoms with E-state index >= 15 is 0 Å². The van der Waals surface area contributed by atoms with Crippen molar-refractivity contribution in [3.63, 3.8) is 0 Å². The van der Waals surface area contributed by atoms with E-state index in [2.05, 4.69) is 0 Å². The van der Waals surface area contributed by atoms with Gasteiger partial charge >= 0.3 is 0 Å². The molecule has 5 nitrogen and oxygen atoms in total. The Bertz CT molecular complexity index is 381. The molecule has 0 bridgehead atoms. The normalized spacial score (nSPS) is 15.8. The highest BCUT2D eigenvalue weighted by atomic mass is 16.5. The van der Waals surface area contributed by atoms with Crippen LogP contribution in [0.3, 0.4) is 0 Å². The third-order valence-corrected chi connectivity index (χ3v) is 3.23. The summed E-state index contributed by atoms with van der Waals surface area (Å²) in [5, 5.41) is 19.9. The van der Waals surface area contributed by atoms with E-state index in [1.807, 2.05) is 13.0 Å². The van der Waals surface area contributed by atoms with Crippen molar-refractivity contribution in [1.82, 2.24) is 0 Å². The third kappa shape index (κ3) is 4.80. The van der Waals surface area contributed by atoms with Crippen LogP contribution in [0.2, 0.25) is 0 Å². The second kappa shape index (κ2) is 7.45. The Labute approximate surface area is 114 Å². The smallest absolute Gasteiger partial charge is 0.119 e. The lowest BCUT2D eigenvalue weighted by Crippen LogP contribution is -2.42. The van der Waals surface area contributed by atoms with Crippen LogP contribution in [0.25, 0.3) is 0 Å². The first-order chi connectivity index (χ1) is 9.04. The zero-order valence-corrected chi connectivity index (χ0v) is 11.4. The van der Waals surface area contributed by atoms with Crippen molar-refractivity contribution >= 4 is 0 Å². The first kappa shape index (κ1) is 15.9. The number of rotatable bonds is 8. The third-order valence-electron chi connectivity index (χ3n) is 3.23. The minimum absolute atomic E-state index is 0.135. The minimum Gasteiger partial charge on any atom is -0.491 e. The Morgan fingerprint density at radius 3 is 2.68 bits per heavy atom. The van der Waals surface area contributed by atoms with E-state index in [4.69, 9.17) is 16.2 Å². The number of nitrogens with two attached hydrogens (primary N) is 2. The van der Waals surface area contributed by atoms with E-state index < -0.39 is 11.7 Å². The Kier molecular flexibility index (Phi) is 6.24. The van der Waals surface area contributed by atoms with Gasteiger partial charge in [0.05, 0.1) is 6.10 Å². The second-order valence-electron chi connectivity index (χ2n) is 4.74. The fraction of sp³-hybridized carbons (Fsp3) is 0.571. The predicted octanol–water partition coefficient (Wildman–Crippen LogP) is 0.547. The van der Waals surface area contributed by atoms with Gasteiger partial charge in [0.15, 0.2) is 0 Å². The molecule has 5 heteroatoms. The molecular formula is C14H24N2O3. The van der Waals surface area contributed by atoms with Crippen LogP contribution in [0.5, 0.6) is 5.75 Å². The van der Waals surface area contributed by atoms with Gasteiger partial charge in [0.1, 0.15) is 18.0 Å². The van der Waals surface area contributed by atoms with Gasteiger partial charge in [-0.3, -0.25) is 0 Å². The molecular weight excluding hydrogens is 244 g/mol. The fourth-order valence-electron chi connectivity index (χ4n) is 1.66. The van der Waals surface area contributed by atoms with Crippen LogP contribution in [-0.4, -0.2) is 35.5 Å². The molecule has 19 heavy (non-hydrogen) atoms. The lowest BCUT2D eigenvalue weighted by molar-refractivity contribution is -0.000315. The molecule has 2 atom stereocenters. The molecule has 0 heterocycles. The zero-order chi connectivity index (χ0) is 14.3. The Morgan fingerprint density at radius 1 is 1.37 bits per heavy atom. The quantitative estimate of drug-likeness (QED) is 0.551. The molecule has 0 amide bonds. The monoisotopic (exact) mass is 268 g/mol. The average molecular weight is 268 g/mol. The van der Waals surface area contributed by atoms with Gasteiger partial charge in [-0.25, -0.2) is 0 Å². The number of aliphatic hydroxyl groups excluding tert-OH is 1. The summed E-state index contributed by atoms with van der Waals surface area (Å²) >= 11 is 0. The van der Waals surface area contributed by atoms with E-state index in [0.717, 1.165) is 5.56 Å². The molecule has 0 fully saturated rings. The van der Waals surface area contributed by atoms with Crippen molar-refractivity contribution in [3.05, 3.63) is 29.8 Å². The van der Waals surface area contributed by atoms with Crippen molar-refractivity contribution in [2.75, 3.05) is 19.7 Å². The van der Waals surface area contributed by atoms with Crippen LogP contribution in [0, 0.1) is 0 Å². The molecule has 0 saturated carbocycles. The maximum absolute atomic E-state index is 10.0. The van der Waals surface area contributed by atoms with Crippen LogP contribution >= 0.6 is 0 Å². The maximum Gasteiger partial charge on any atom is 0.119 e. The molecule has 0 radical (unpaired) electrons. The summed E-state index contributed by atoms with van der Waals surface area (Å²) in [5.74, 6) is 0.605. The highest BCUT2D eigenvalue weighted by molar-refractivity contribution is 5.30. The largest absolute Gasteiger partial charge is 0.491 e. The number of hydrogen-bond acceptors (Lipinski definition) is 5. The molecule has 6 N–H and O–H groups in total. The van der Waals surface area contributed by atoms with Crippen LogP contribution in [-0.2, 0) is 0 Å². The molecule has 1 aromatic carbocycles. The predicted molar refractivity (Wildman–Crippen MR) is 74.9 cm³/mol. The van der Waals surface area contributed by atoms with Crippen LogP contribution in [0.4, 0.5) is 0 Å². The second-order valence-corrected chi connectivity index (χ2v) is 4.74. The summed E-state index contributed by atoms with van der Waals surface area (Å²) in [4.78, 5) is 0.